The van der Waals surface area contributed by atoms with Gasteiger partial charge in [-0.05, 0) is 37.8 Å². The van der Waals surface area contributed by atoms with Gasteiger partial charge in [-0.2, -0.15) is 0 Å². The quantitative estimate of drug-likeness (QED) is 0.895. The summed E-state index contributed by atoms with van der Waals surface area (Å²) in [6.07, 6.45) is 3.08. The van der Waals surface area contributed by atoms with Gasteiger partial charge < -0.3 is 15.3 Å². The Bertz CT molecular complexity index is 544. The van der Waals surface area contributed by atoms with Crippen molar-refractivity contribution in [2.45, 2.75) is 45.1 Å². The van der Waals surface area contributed by atoms with Crippen molar-refractivity contribution in [3.8, 4) is 0 Å². The molecule has 1 aliphatic rings. The van der Waals surface area contributed by atoms with Crippen molar-refractivity contribution in [2.24, 2.45) is 0 Å². The fraction of sp³-hybridized carbons (Fsp3) is 0.500. The number of para-hydroxylation sites is 1. The van der Waals surface area contributed by atoms with Crippen molar-refractivity contribution >= 4 is 17.7 Å². The highest BCUT2D eigenvalue weighted by Gasteiger charge is 2.46. The number of hydrogen-bond acceptors (Lipinski definition) is 2. The highest BCUT2D eigenvalue weighted by atomic mass is 16.4. The number of aryl methyl sites for hydroxylation is 1. The number of anilines is 1. The molecule has 5 heteroatoms. The van der Waals surface area contributed by atoms with Crippen LogP contribution in [-0.2, 0) is 11.2 Å². The molecule has 1 saturated heterocycles. The Morgan fingerprint density at radius 1 is 1.38 bits per heavy atom. The number of hydrogen-bond donors (Lipinski definition) is 2. The molecule has 114 valence electrons. The lowest BCUT2D eigenvalue weighted by Crippen LogP contribution is -2.52. The maximum absolute atomic E-state index is 12.4. The minimum atomic E-state index is -1.11. The third kappa shape index (κ3) is 3.01. The second-order valence-corrected chi connectivity index (χ2v) is 5.67. The van der Waals surface area contributed by atoms with Gasteiger partial charge in [0.1, 0.15) is 5.54 Å². The molecule has 1 aromatic carbocycles. The summed E-state index contributed by atoms with van der Waals surface area (Å²) in [6.45, 7) is 4.17. The molecule has 1 fully saturated rings. The Morgan fingerprint density at radius 3 is 2.76 bits per heavy atom. The molecule has 0 saturated carbocycles. The lowest BCUT2D eigenvalue weighted by atomic mass is 10.00. The van der Waals surface area contributed by atoms with Crippen molar-refractivity contribution in [1.29, 1.82) is 0 Å². The van der Waals surface area contributed by atoms with Crippen molar-refractivity contribution in [2.75, 3.05) is 11.9 Å². The number of carboxylic acid groups (broad SMARTS) is 1. The van der Waals surface area contributed by atoms with Crippen LogP contribution in [0, 0.1) is 0 Å². The molecule has 1 heterocycles. The molecule has 0 aromatic heterocycles. The summed E-state index contributed by atoms with van der Waals surface area (Å²) in [4.78, 5) is 25.3. The third-order valence-electron chi connectivity index (χ3n) is 4.13. The number of benzene rings is 1. The van der Waals surface area contributed by atoms with Gasteiger partial charge in [0.15, 0.2) is 0 Å². The van der Waals surface area contributed by atoms with Gasteiger partial charge in [0, 0.05) is 12.2 Å². The normalized spacial score (nSPS) is 21.3. The predicted molar refractivity (Wildman–Crippen MR) is 81.4 cm³/mol. The van der Waals surface area contributed by atoms with Crippen LogP contribution in [-0.4, -0.2) is 34.1 Å². The zero-order chi connectivity index (χ0) is 15.5. The summed E-state index contributed by atoms with van der Waals surface area (Å²) in [5.41, 5.74) is 0.734. The number of nitrogens with zero attached hydrogens (tertiary/aromatic N) is 1. The summed E-state index contributed by atoms with van der Waals surface area (Å²) in [5, 5.41) is 12.2. The number of nitrogens with one attached hydrogen (secondary N) is 1. The molecule has 0 bridgehead atoms. The van der Waals surface area contributed by atoms with E-state index >= 15 is 0 Å². The van der Waals surface area contributed by atoms with Crippen LogP contribution in [0.25, 0.3) is 0 Å². The van der Waals surface area contributed by atoms with Gasteiger partial charge in [-0.3, -0.25) is 0 Å². The minimum absolute atomic E-state index is 0.332. The van der Waals surface area contributed by atoms with Gasteiger partial charge in [0.25, 0.3) is 0 Å². The van der Waals surface area contributed by atoms with Crippen molar-refractivity contribution in [3.05, 3.63) is 29.8 Å². The van der Waals surface area contributed by atoms with Crippen LogP contribution < -0.4 is 5.32 Å². The number of carbonyl (C=O) groups excluding carboxylic acids is 1. The van der Waals surface area contributed by atoms with Gasteiger partial charge in [0.2, 0.25) is 0 Å². The van der Waals surface area contributed by atoms with E-state index in [9.17, 15) is 14.7 Å². The van der Waals surface area contributed by atoms with Crippen LogP contribution in [0.1, 0.15) is 38.7 Å². The Hall–Kier alpha value is -2.04. The number of amides is 2. The molecule has 1 aromatic rings. The van der Waals surface area contributed by atoms with E-state index in [1.807, 2.05) is 24.3 Å². The van der Waals surface area contributed by atoms with Crippen LogP contribution in [0.3, 0.4) is 0 Å². The summed E-state index contributed by atoms with van der Waals surface area (Å²) in [6, 6.07) is 7.32. The van der Waals surface area contributed by atoms with E-state index in [0.29, 0.717) is 19.4 Å². The highest BCUT2D eigenvalue weighted by Crippen LogP contribution is 2.30. The summed E-state index contributed by atoms with van der Waals surface area (Å²) >= 11 is 0. The van der Waals surface area contributed by atoms with Gasteiger partial charge in [-0.25, -0.2) is 9.59 Å². The largest absolute Gasteiger partial charge is 0.480 e. The number of carboxylic acids is 1. The Morgan fingerprint density at radius 2 is 2.10 bits per heavy atom. The molecule has 2 rings (SSSR count). The predicted octanol–water partition coefficient (Wildman–Crippen LogP) is 3.11. The van der Waals surface area contributed by atoms with E-state index in [2.05, 4.69) is 12.2 Å². The molecular weight excluding hydrogens is 268 g/mol. The van der Waals surface area contributed by atoms with Gasteiger partial charge >= 0.3 is 12.0 Å². The number of urea groups is 1. The van der Waals surface area contributed by atoms with E-state index in [1.165, 1.54) is 4.90 Å². The third-order valence-corrected chi connectivity index (χ3v) is 4.13. The lowest BCUT2D eigenvalue weighted by molar-refractivity contribution is -0.146. The summed E-state index contributed by atoms with van der Waals surface area (Å²) in [5.74, 6) is -0.947. The Kier molecular flexibility index (Phi) is 4.50. The van der Waals surface area contributed by atoms with E-state index in [4.69, 9.17) is 0 Å². The fourth-order valence-electron chi connectivity index (χ4n) is 2.82. The van der Waals surface area contributed by atoms with E-state index in [1.54, 1.807) is 6.92 Å². The van der Waals surface area contributed by atoms with E-state index in [-0.39, 0.29) is 6.03 Å². The smallest absolute Gasteiger partial charge is 0.329 e. The lowest BCUT2D eigenvalue weighted by Gasteiger charge is -2.31. The first kappa shape index (κ1) is 15.4. The molecular formula is C16H22N2O3. The van der Waals surface area contributed by atoms with Crippen LogP contribution in [0.2, 0.25) is 0 Å². The van der Waals surface area contributed by atoms with Gasteiger partial charge in [0.05, 0.1) is 0 Å². The molecule has 1 aliphatic heterocycles. The van der Waals surface area contributed by atoms with Gasteiger partial charge in [-0.15, -0.1) is 0 Å². The monoisotopic (exact) mass is 290 g/mol. The van der Waals surface area contributed by atoms with Crippen molar-refractivity contribution in [1.82, 2.24) is 4.90 Å². The number of likely N-dealkylation sites (tertiary alicyclic amines) is 1. The zero-order valence-corrected chi connectivity index (χ0v) is 12.6. The van der Waals surface area contributed by atoms with Crippen molar-refractivity contribution < 1.29 is 14.7 Å². The molecule has 1 unspecified atom stereocenters. The molecule has 0 radical (unpaired) electrons. The fourth-order valence-corrected chi connectivity index (χ4v) is 2.82. The molecule has 0 aliphatic carbocycles. The molecule has 1 atom stereocenters. The number of aliphatic carboxylic acids is 1. The van der Waals surface area contributed by atoms with Crippen LogP contribution in [0.4, 0.5) is 10.5 Å². The van der Waals surface area contributed by atoms with E-state index in [0.717, 1.165) is 24.1 Å². The first-order chi connectivity index (χ1) is 9.99. The SMILES string of the molecule is CCCc1ccccc1NC(=O)N1CCCC1(C)C(=O)O. The highest BCUT2D eigenvalue weighted by molar-refractivity contribution is 5.94. The molecule has 2 amide bonds. The van der Waals surface area contributed by atoms with Crippen LogP contribution >= 0.6 is 0 Å². The first-order valence-corrected chi connectivity index (χ1v) is 7.39. The van der Waals surface area contributed by atoms with Crippen LogP contribution in [0.5, 0.6) is 0 Å². The van der Waals surface area contributed by atoms with Crippen molar-refractivity contribution in [3.63, 3.8) is 0 Å². The Labute approximate surface area is 125 Å². The average molecular weight is 290 g/mol. The molecule has 2 N–H and O–H groups in total. The second kappa shape index (κ2) is 6.16. The summed E-state index contributed by atoms with van der Waals surface area (Å²) in [7, 11) is 0. The molecule has 5 nitrogen and oxygen atoms in total. The molecule has 21 heavy (non-hydrogen) atoms. The standard InChI is InChI=1S/C16H22N2O3/c1-3-7-12-8-4-5-9-13(12)17-15(21)18-11-6-10-16(18,2)14(19)20/h4-5,8-9H,3,6-7,10-11H2,1-2H3,(H,17,21)(H,19,20). The second-order valence-electron chi connectivity index (χ2n) is 5.67. The topological polar surface area (TPSA) is 69.6 Å². The average Bonchev–Trinajstić information content (AvgIpc) is 2.85. The maximum Gasteiger partial charge on any atom is 0.329 e. The molecule has 0 spiro atoms. The Balaban J connectivity index is 2.17. The van der Waals surface area contributed by atoms with Crippen LogP contribution in [0.15, 0.2) is 24.3 Å². The zero-order valence-electron chi connectivity index (χ0n) is 12.6. The van der Waals surface area contributed by atoms with Gasteiger partial charge in [-0.1, -0.05) is 31.5 Å². The minimum Gasteiger partial charge on any atom is -0.480 e. The first-order valence-electron chi connectivity index (χ1n) is 7.39. The summed E-state index contributed by atoms with van der Waals surface area (Å²) < 4.78 is 0. The van der Waals surface area contributed by atoms with E-state index < -0.39 is 11.5 Å². The number of rotatable bonds is 4. The maximum atomic E-state index is 12.4. The number of carbonyl (C=O) groups is 2.